The SMILES string of the molecule is O=C(Nc1cnccc1N1CCNCC1)C1=CSC(c2nc3ccccc3[nH]2)N1. The van der Waals surface area contributed by atoms with Crippen molar-refractivity contribution < 1.29 is 4.79 Å². The third-order valence-corrected chi connectivity index (χ3v) is 6.00. The monoisotopic (exact) mass is 407 g/mol. The summed E-state index contributed by atoms with van der Waals surface area (Å²) in [7, 11) is 0. The molecule has 1 fully saturated rings. The predicted octanol–water partition coefficient (Wildman–Crippen LogP) is 2.18. The van der Waals surface area contributed by atoms with Crippen molar-refractivity contribution in [2.75, 3.05) is 36.4 Å². The number of carbonyl (C=O) groups is 1. The van der Waals surface area contributed by atoms with E-state index in [0.717, 1.165) is 54.4 Å². The Labute approximate surface area is 172 Å². The molecule has 148 valence electrons. The molecule has 1 atom stereocenters. The Morgan fingerprint density at radius 2 is 2.07 bits per heavy atom. The standard InChI is InChI=1S/C20H21N7OS/c28-19(25-15-11-22-6-5-17(15)27-9-7-21-8-10-27)16-12-29-20(26-16)18-23-13-3-1-2-4-14(13)24-18/h1-6,11-12,20-21,26H,7-10H2,(H,23,24)(H,25,28). The van der Waals surface area contributed by atoms with Crippen molar-refractivity contribution in [2.45, 2.75) is 5.37 Å². The number of benzene rings is 1. The van der Waals surface area contributed by atoms with Crippen molar-refractivity contribution in [3.63, 3.8) is 0 Å². The van der Waals surface area contributed by atoms with Crippen LogP contribution in [-0.2, 0) is 4.79 Å². The van der Waals surface area contributed by atoms with Gasteiger partial charge in [0.25, 0.3) is 5.91 Å². The van der Waals surface area contributed by atoms with E-state index < -0.39 is 0 Å². The highest BCUT2D eigenvalue weighted by Crippen LogP contribution is 2.34. The normalized spacial score (nSPS) is 19.1. The molecule has 2 aromatic heterocycles. The number of rotatable bonds is 4. The number of hydrogen-bond acceptors (Lipinski definition) is 7. The third kappa shape index (κ3) is 3.66. The zero-order chi connectivity index (χ0) is 19.6. The molecule has 1 saturated heterocycles. The number of nitrogens with one attached hydrogen (secondary N) is 4. The highest BCUT2D eigenvalue weighted by Gasteiger charge is 2.26. The number of aromatic amines is 1. The first-order valence-corrected chi connectivity index (χ1v) is 10.5. The van der Waals surface area contributed by atoms with Crippen LogP contribution in [0, 0.1) is 0 Å². The summed E-state index contributed by atoms with van der Waals surface area (Å²) in [6.07, 6.45) is 3.46. The summed E-state index contributed by atoms with van der Waals surface area (Å²) in [6, 6.07) is 9.84. The van der Waals surface area contributed by atoms with Crippen LogP contribution in [0.4, 0.5) is 11.4 Å². The molecule has 8 nitrogen and oxygen atoms in total. The van der Waals surface area contributed by atoms with Crippen LogP contribution in [0.3, 0.4) is 0 Å². The Morgan fingerprint density at radius 3 is 2.93 bits per heavy atom. The fourth-order valence-corrected chi connectivity index (χ4v) is 4.43. The van der Waals surface area contributed by atoms with Crippen LogP contribution < -0.4 is 20.9 Å². The van der Waals surface area contributed by atoms with Crippen LogP contribution in [0.15, 0.2) is 53.8 Å². The lowest BCUT2D eigenvalue weighted by Crippen LogP contribution is -2.43. The van der Waals surface area contributed by atoms with Gasteiger partial charge in [0.1, 0.15) is 16.9 Å². The molecule has 1 amide bonds. The number of fused-ring (bicyclic) bond motifs is 1. The van der Waals surface area contributed by atoms with E-state index >= 15 is 0 Å². The summed E-state index contributed by atoms with van der Waals surface area (Å²) in [6.45, 7) is 3.66. The van der Waals surface area contributed by atoms with Crippen LogP contribution >= 0.6 is 11.8 Å². The minimum absolute atomic E-state index is 0.121. The van der Waals surface area contributed by atoms with Gasteiger partial charge in [-0.2, -0.15) is 0 Å². The average molecular weight is 408 g/mol. The highest BCUT2D eigenvalue weighted by molar-refractivity contribution is 8.02. The predicted molar refractivity (Wildman–Crippen MR) is 116 cm³/mol. The van der Waals surface area contributed by atoms with Gasteiger partial charge in [0, 0.05) is 37.8 Å². The number of anilines is 2. The summed E-state index contributed by atoms with van der Waals surface area (Å²) < 4.78 is 0. The first-order valence-electron chi connectivity index (χ1n) is 9.56. The number of aromatic nitrogens is 3. The van der Waals surface area contributed by atoms with E-state index in [1.807, 2.05) is 35.7 Å². The molecule has 9 heteroatoms. The van der Waals surface area contributed by atoms with Gasteiger partial charge in [-0.25, -0.2) is 4.98 Å². The lowest BCUT2D eigenvalue weighted by molar-refractivity contribution is -0.113. The number of carbonyl (C=O) groups excluding carboxylic acids is 1. The summed E-state index contributed by atoms with van der Waals surface area (Å²) in [5, 5.41) is 11.3. The molecule has 1 unspecified atom stereocenters. The van der Waals surface area contributed by atoms with Gasteiger partial charge in [-0.05, 0) is 18.2 Å². The Balaban J connectivity index is 1.28. The average Bonchev–Trinajstić information content (AvgIpc) is 3.42. The summed E-state index contributed by atoms with van der Waals surface area (Å²) in [5.41, 5.74) is 4.14. The van der Waals surface area contributed by atoms with Gasteiger partial charge < -0.3 is 25.8 Å². The van der Waals surface area contributed by atoms with Crippen molar-refractivity contribution in [1.29, 1.82) is 0 Å². The maximum Gasteiger partial charge on any atom is 0.272 e. The topological polar surface area (TPSA) is 98.0 Å². The zero-order valence-corrected chi connectivity index (χ0v) is 16.5. The molecule has 3 aromatic rings. The molecule has 4 N–H and O–H groups in total. The van der Waals surface area contributed by atoms with Gasteiger partial charge >= 0.3 is 0 Å². The van der Waals surface area contributed by atoms with Crippen molar-refractivity contribution in [3.05, 3.63) is 59.7 Å². The van der Waals surface area contributed by atoms with E-state index in [1.54, 1.807) is 12.4 Å². The third-order valence-electron chi connectivity index (χ3n) is 5.01. The maximum atomic E-state index is 12.9. The lowest BCUT2D eigenvalue weighted by Gasteiger charge is -2.30. The van der Waals surface area contributed by atoms with Crippen LogP contribution in [0.25, 0.3) is 11.0 Å². The van der Waals surface area contributed by atoms with Crippen LogP contribution in [0.5, 0.6) is 0 Å². The smallest absolute Gasteiger partial charge is 0.272 e. The van der Waals surface area contributed by atoms with E-state index in [1.165, 1.54) is 11.8 Å². The van der Waals surface area contributed by atoms with Gasteiger partial charge in [0.05, 0.1) is 28.6 Å². The molecule has 5 rings (SSSR count). The van der Waals surface area contributed by atoms with Crippen molar-refractivity contribution >= 4 is 40.1 Å². The molecule has 0 aliphatic carbocycles. The number of hydrogen-bond donors (Lipinski definition) is 4. The number of piperazine rings is 1. The van der Waals surface area contributed by atoms with Gasteiger partial charge in [0.15, 0.2) is 0 Å². The van der Waals surface area contributed by atoms with E-state index in [4.69, 9.17) is 0 Å². The maximum absolute atomic E-state index is 12.9. The van der Waals surface area contributed by atoms with Crippen LogP contribution in [0.1, 0.15) is 11.2 Å². The van der Waals surface area contributed by atoms with Crippen molar-refractivity contribution in [2.24, 2.45) is 0 Å². The molecular weight excluding hydrogens is 386 g/mol. The first-order chi connectivity index (χ1) is 14.3. The molecule has 0 spiro atoms. The Bertz CT molecular complexity index is 1040. The van der Waals surface area contributed by atoms with E-state index in [0.29, 0.717) is 5.70 Å². The minimum atomic E-state index is -0.180. The number of para-hydroxylation sites is 2. The molecule has 2 aliphatic rings. The molecule has 4 heterocycles. The first kappa shape index (κ1) is 18.0. The second-order valence-electron chi connectivity index (χ2n) is 6.92. The highest BCUT2D eigenvalue weighted by atomic mass is 32.2. The van der Waals surface area contributed by atoms with E-state index in [9.17, 15) is 4.79 Å². The minimum Gasteiger partial charge on any atom is -0.367 e. The number of amides is 1. The molecule has 0 radical (unpaired) electrons. The molecule has 2 aliphatic heterocycles. The van der Waals surface area contributed by atoms with Crippen LogP contribution in [0.2, 0.25) is 0 Å². The van der Waals surface area contributed by atoms with E-state index in [-0.39, 0.29) is 11.3 Å². The molecular formula is C20H21N7OS. The number of H-pyrrole nitrogens is 1. The largest absolute Gasteiger partial charge is 0.367 e. The zero-order valence-electron chi connectivity index (χ0n) is 15.7. The number of thioether (sulfide) groups is 1. The molecule has 0 bridgehead atoms. The molecule has 0 saturated carbocycles. The molecule has 1 aromatic carbocycles. The second-order valence-corrected chi connectivity index (χ2v) is 7.89. The Kier molecular flexibility index (Phi) is 4.82. The molecule has 29 heavy (non-hydrogen) atoms. The number of imidazole rings is 1. The van der Waals surface area contributed by atoms with Gasteiger partial charge in [-0.1, -0.05) is 23.9 Å². The number of nitrogens with zero attached hydrogens (tertiary/aromatic N) is 3. The second kappa shape index (κ2) is 7.76. The Morgan fingerprint density at radius 1 is 1.21 bits per heavy atom. The summed E-state index contributed by atoms with van der Waals surface area (Å²) in [4.78, 5) is 27.2. The van der Waals surface area contributed by atoms with Gasteiger partial charge in [-0.3, -0.25) is 9.78 Å². The van der Waals surface area contributed by atoms with Gasteiger partial charge in [0.2, 0.25) is 0 Å². The summed E-state index contributed by atoms with van der Waals surface area (Å²) in [5.74, 6) is 0.624. The fraction of sp³-hybridized carbons (Fsp3) is 0.250. The number of pyridine rings is 1. The van der Waals surface area contributed by atoms with Gasteiger partial charge in [-0.15, -0.1) is 0 Å². The fourth-order valence-electron chi connectivity index (χ4n) is 3.55. The van der Waals surface area contributed by atoms with Crippen molar-refractivity contribution in [3.8, 4) is 0 Å². The Hall–Kier alpha value is -3.04. The van der Waals surface area contributed by atoms with Crippen LogP contribution in [-0.4, -0.2) is 47.0 Å². The van der Waals surface area contributed by atoms with Crippen molar-refractivity contribution in [1.82, 2.24) is 25.6 Å². The van der Waals surface area contributed by atoms with E-state index in [2.05, 4.69) is 35.8 Å². The quantitative estimate of drug-likeness (QED) is 0.526. The lowest BCUT2D eigenvalue weighted by atomic mass is 10.2. The summed E-state index contributed by atoms with van der Waals surface area (Å²) >= 11 is 1.53.